The quantitative estimate of drug-likeness (QED) is 0.595. The van der Waals surface area contributed by atoms with Crippen molar-refractivity contribution >= 4 is 34.8 Å². The van der Waals surface area contributed by atoms with Crippen LogP contribution in [0.1, 0.15) is 16.2 Å². The topological polar surface area (TPSA) is 50.6 Å². The van der Waals surface area contributed by atoms with Crippen LogP contribution >= 0.6 is 23.2 Å². The predicted molar refractivity (Wildman–Crippen MR) is 119 cm³/mol. The largest absolute Gasteiger partial charge is 0.497 e. The maximum absolute atomic E-state index is 13.3. The number of aryl methyl sites for hydroxylation is 1. The molecule has 0 spiro atoms. The summed E-state index contributed by atoms with van der Waals surface area (Å²) in [5.74, 6) is 0.731. The normalized spacial score (nSPS) is 14.1. The standard InChI is InChI=1S/C22H22Cl2N4O2/c1-15-13-21(28(25-15)16-3-6-18(30-2)7-4-16)22(29)27-11-9-26(10-12-27)17-5-8-19(23)20(24)14-17/h3-8,13-14H,9-12H2,1-2H3. The van der Waals surface area contributed by atoms with E-state index in [0.717, 1.165) is 35.9 Å². The second kappa shape index (κ2) is 8.58. The zero-order valence-electron chi connectivity index (χ0n) is 16.8. The molecular weight excluding hydrogens is 423 g/mol. The predicted octanol–water partition coefficient (Wildman–Crippen LogP) is 4.46. The van der Waals surface area contributed by atoms with Gasteiger partial charge in [-0.25, -0.2) is 4.68 Å². The molecule has 0 aliphatic carbocycles. The molecule has 0 bridgehead atoms. The van der Waals surface area contributed by atoms with Crippen LogP contribution in [-0.4, -0.2) is 53.9 Å². The Balaban J connectivity index is 1.50. The smallest absolute Gasteiger partial charge is 0.272 e. The van der Waals surface area contributed by atoms with Crippen molar-refractivity contribution in [2.45, 2.75) is 6.92 Å². The maximum atomic E-state index is 13.3. The third-order valence-corrected chi connectivity index (χ3v) is 5.94. The fourth-order valence-electron chi connectivity index (χ4n) is 3.58. The second-order valence-corrected chi connectivity index (χ2v) is 7.97. The molecule has 0 unspecified atom stereocenters. The molecular formula is C22H22Cl2N4O2. The van der Waals surface area contributed by atoms with Crippen LogP contribution in [0.15, 0.2) is 48.5 Å². The molecule has 0 radical (unpaired) electrons. The summed E-state index contributed by atoms with van der Waals surface area (Å²) in [6.07, 6.45) is 0. The zero-order chi connectivity index (χ0) is 21.3. The minimum Gasteiger partial charge on any atom is -0.497 e. The summed E-state index contributed by atoms with van der Waals surface area (Å²) in [5.41, 5.74) is 3.18. The Morgan fingerprint density at radius 1 is 0.933 bits per heavy atom. The highest BCUT2D eigenvalue weighted by Gasteiger charge is 2.26. The van der Waals surface area contributed by atoms with Gasteiger partial charge in [-0.05, 0) is 55.5 Å². The van der Waals surface area contributed by atoms with Crippen LogP contribution in [0.5, 0.6) is 5.75 Å². The first kappa shape index (κ1) is 20.6. The Bertz CT molecular complexity index is 1060. The van der Waals surface area contributed by atoms with Crippen LogP contribution in [0.3, 0.4) is 0 Å². The van der Waals surface area contributed by atoms with Crippen LogP contribution in [0.4, 0.5) is 5.69 Å². The average Bonchev–Trinajstić information content (AvgIpc) is 3.17. The third-order valence-electron chi connectivity index (χ3n) is 5.20. The van der Waals surface area contributed by atoms with Gasteiger partial charge >= 0.3 is 0 Å². The Morgan fingerprint density at radius 2 is 1.60 bits per heavy atom. The molecule has 2 heterocycles. The van der Waals surface area contributed by atoms with E-state index in [-0.39, 0.29) is 5.91 Å². The molecule has 30 heavy (non-hydrogen) atoms. The first-order chi connectivity index (χ1) is 14.5. The number of nitrogens with zero attached hydrogens (tertiary/aromatic N) is 4. The SMILES string of the molecule is COc1ccc(-n2nc(C)cc2C(=O)N2CCN(c3ccc(Cl)c(Cl)c3)CC2)cc1. The van der Waals surface area contributed by atoms with E-state index in [2.05, 4.69) is 10.00 Å². The lowest BCUT2D eigenvalue weighted by atomic mass is 10.2. The molecule has 1 saturated heterocycles. The van der Waals surface area contributed by atoms with E-state index in [4.69, 9.17) is 27.9 Å². The summed E-state index contributed by atoms with van der Waals surface area (Å²) in [4.78, 5) is 17.3. The van der Waals surface area contributed by atoms with Crippen LogP contribution < -0.4 is 9.64 Å². The highest BCUT2D eigenvalue weighted by molar-refractivity contribution is 6.42. The summed E-state index contributed by atoms with van der Waals surface area (Å²) in [7, 11) is 1.62. The average molecular weight is 445 g/mol. The number of amides is 1. The van der Waals surface area contributed by atoms with Crippen molar-refractivity contribution in [3.8, 4) is 11.4 Å². The van der Waals surface area contributed by atoms with Gasteiger partial charge in [-0.3, -0.25) is 4.79 Å². The second-order valence-electron chi connectivity index (χ2n) is 7.16. The molecule has 1 fully saturated rings. The van der Waals surface area contributed by atoms with Crippen molar-refractivity contribution in [2.75, 3.05) is 38.2 Å². The van der Waals surface area contributed by atoms with Gasteiger partial charge in [0, 0.05) is 31.9 Å². The van der Waals surface area contributed by atoms with Crippen LogP contribution in [0, 0.1) is 6.92 Å². The number of piperazine rings is 1. The van der Waals surface area contributed by atoms with E-state index >= 15 is 0 Å². The van der Waals surface area contributed by atoms with Crippen molar-refractivity contribution < 1.29 is 9.53 Å². The number of hydrogen-bond acceptors (Lipinski definition) is 4. The maximum Gasteiger partial charge on any atom is 0.272 e. The van der Waals surface area contributed by atoms with Gasteiger partial charge in [-0.1, -0.05) is 23.2 Å². The molecule has 1 amide bonds. The van der Waals surface area contributed by atoms with E-state index in [1.165, 1.54) is 0 Å². The van der Waals surface area contributed by atoms with Crippen molar-refractivity contribution in [2.24, 2.45) is 0 Å². The van der Waals surface area contributed by atoms with Crippen LogP contribution in [-0.2, 0) is 0 Å². The molecule has 6 nitrogen and oxygen atoms in total. The number of anilines is 1. The zero-order valence-corrected chi connectivity index (χ0v) is 18.3. The fourth-order valence-corrected chi connectivity index (χ4v) is 3.88. The third kappa shape index (κ3) is 4.11. The van der Waals surface area contributed by atoms with Gasteiger partial charge in [0.2, 0.25) is 0 Å². The number of methoxy groups -OCH3 is 1. The molecule has 0 N–H and O–H groups in total. The van der Waals surface area contributed by atoms with Crippen LogP contribution in [0.25, 0.3) is 5.69 Å². The Hall–Kier alpha value is -2.70. The summed E-state index contributed by atoms with van der Waals surface area (Å²) in [5, 5.41) is 5.60. The Labute approximate surface area is 185 Å². The number of aromatic nitrogens is 2. The summed E-state index contributed by atoms with van der Waals surface area (Å²) >= 11 is 12.2. The lowest BCUT2D eigenvalue weighted by Crippen LogP contribution is -2.49. The van der Waals surface area contributed by atoms with E-state index in [1.54, 1.807) is 17.9 Å². The molecule has 0 saturated carbocycles. The fraction of sp³-hybridized carbons (Fsp3) is 0.273. The first-order valence-electron chi connectivity index (χ1n) is 9.66. The number of carbonyl (C=O) groups is 1. The lowest BCUT2D eigenvalue weighted by molar-refractivity contribution is 0.0737. The van der Waals surface area contributed by atoms with Crippen molar-refractivity contribution in [1.82, 2.24) is 14.7 Å². The first-order valence-corrected chi connectivity index (χ1v) is 10.4. The number of rotatable bonds is 4. The van der Waals surface area contributed by atoms with Gasteiger partial charge in [0.15, 0.2) is 0 Å². The molecule has 2 aromatic carbocycles. The Kier molecular flexibility index (Phi) is 5.88. The summed E-state index contributed by atoms with van der Waals surface area (Å²) in [6, 6.07) is 14.9. The number of halogens is 2. The van der Waals surface area contributed by atoms with Gasteiger partial charge in [-0.2, -0.15) is 5.10 Å². The van der Waals surface area contributed by atoms with Gasteiger partial charge in [-0.15, -0.1) is 0 Å². The van der Waals surface area contributed by atoms with Crippen molar-refractivity contribution in [3.63, 3.8) is 0 Å². The van der Waals surface area contributed by atoms with Crippen molar-refractivity contribution in [1.29, 1.82) is 0 Å². The van der Waals surface area contributed by atoms with Gasteiger partial charge in [0.25, 0.3) is 5.91 Å². The minimum absolute atomic E-state index is 0.0276. The molecule has 8 heteroatoms. The van der Waals surface area contributed by atoms with E-state index in [0.29, 0.717) is 28.8 Å². The highest BCUT2D eigenvalue weighted by Crippen LogP contribution is 2.28. The summed E-state index contributed by atoms with van der Waals surface area (Å²) in [6.45, 7) is 4.57. The number of carbonyl (C=O) groups excluding carboxylic acids is 1. The van der Waals surface area contributed by atoms with Crippen molar-refractivity contribution in [3.05, 3.63) is 70.0 Å². The molecule has 4 rings (SSSR count). The highest BCUT2D eigenvalue weighted by atomic mass is 35.5. The van der Waals surface area contributed by atoms with E-state index < -0.39 is 0 Å². The lowest BCUT2D eigenvalue weighted by Gasteiger charge is -2.36. The molecule has 1 aliphatic heterocycles. The number of ether oxygens (including phenoxy) is 1. The van der Waals surface area contributed by atoms with E-state index in [1.807, 2.05) is 54.3 Å². The van der Waals surface area contributed by atoms with Crippen LogP contribution in [0.2, 0.25) is 10.0 Å². The molecule has 1 aliphatic rings. The Morgan fingerprint density at radius 3 is 2.23 bits per heavy atom. The molecule has 0 atom stereocenters. The monoisotopic (exact) mass is 444 g/mol. The van der Waals surface area contributed by atoms with Gasteiger partial charge in [0.1, 0.15) is 11.4 Å². The molecule has 156 valence electrons. The minimum atomic E-state index is -0.0276. The number of hydrogen-bond donors (Lipinski definition) is 0. The molecule has 3 aromatic rings. The summed E-state index contributed by atoms with van der Waals surface area (Å²) < 4.78 is 6.92. The van der Waals surface area contributed by atoms with E-state index in [9.17, 15) is 4.79 Å². The number of benzene rings is 2. The molecule has 1 aromatic heterocycles. The van der Waals surface area contributed by atoms with Gasteiger partial charge < -0.3 is 14.5 Å². The van der Waals surface area contributed by atoms with Gasteiger partial charge in [0.05, 0.1) is 28.5 Å².